The zero-order valence-electron chi connectivity index (χ0n) is 15.7. The molecule has 0 unspecified atom stereocenters. The first-order valence-electron chi connectivity index (χ1n) is 9.33. The van der Waals surface area contributed by atoms with Crippen LogP contribution in [0.5, 0.6) is 5.75 Å². The summed E-state index contributed by atoms with van der Waals surface area (Å²) in [5, 5.41) is 5.22. The highest BCUT2D eigenvalue weighted by Gasteiger charge is 2.17. The van der Waals surface area contributed by atoms with Gasteiger partial charge in [-0.05, 0) is 49.1 Å². The molecule has 146 valence electrons. The van der Waals surface area contributed by atoms with E-state index in [0.717, 1.165) is 42.2 Å². The molecule has 7 heteroatoms. The molecule has 4 nitrogen and oxygen atoms in total. The molecule has 1 aliphatic rings. The molecule has 1 saturated heterocycles. The summed E-state index contributed by atoms with van der Waals surface area (Å²) in [5.74, 6) is 0.779. The van der Waals surface area contributed by atoms with E-state index in [-0.39, 0.29) is 12.5 Å². The zero-order chi connectivity index (χ0) is 19.3. The lowest BCUT2D eigenvalue weighted by molar-refractivity contribution is -0.134. The Hall–Kier alpha value is -1.83. The van der Waals surface area contributed by atoms with Crippen molar-refractivity contribution in [2.24, 2.45) is 0 Å². The number of rotatable bonds is 6. The monoisotopic (exact) mass is 430 g/mol. The number of hydrogen-bond donors (Lipinski definition) is 0. The van der Waals surface area contributed by atoms with Gasteiger partial charge in [0.25, 0.3) is 5.91 Å². The quantitative estimate of drug-likeness (QED) is 0.474. The molecule has 2 aromatic heterocycles. The van der Waals surface area contributed by atoms with Gasteiger partial charge < -0.3 is 9.64 Å². The number of aromatic nitrogens is 1. The fraction of sp³-hybridized carbons (Fsp3) is 0.333. The Morgan fingerprint density at radius 3 is 2.89 bits per heavy atom. The Morgan fingerprint density at radius 1 is 1.21 bits per heavy atom. The molecule has 3 heterocycles. The van der Waals surface area contributed by atoms with Crippen LogP contribution in [0, 0.1) is 0 Å². The van der Waals surface area contributed by atoms with Crippen LogP contribution in [0.3, 0.4) is 0 Å². The standard InChI is InChI=1S/C21H22N2O2S3/c1-26-21-17(8-11-27-21)20-22-18(14-28-20)15-6-5-7-16(12-15)25-13-19(24)23-9-3-2-4-10-23/h5-8,11-12,14H,2-4,9-10,13H2,1H3. The van der Waals surface area contributed by atoms with Gasteiger partial charge in [-0.1, -0.05) is 12.1 Å². The number of thioether (sulfide) groups is 1. The van der Waals surface area contributed by atoms with E-state index in [0.29, 0.717) is 5.75 Å². The third kappa shape index (κ3) is 4.42. The van der Waals surface area contributed by atoms with Crippen LogP contribution < -0.4 is 4.74 Å². The Bertz CT molecular complexity index is 945. The van der Waals surface area contributed by atoms with Gasteiger partial charge >= 0.3 is 0 Å². The van der Waals surface area contributed by atoms with Crippen molar-refractivity contribution in [2.75, 3.05) is 26.0 Å². The van der Waals surface area contributed by atoms with Gasteiger partial charge in [-0.25, -0.2) is 4.98 Å². The molecule has 0 spiro atoms. The number of ether oxygens (including phenoxy) is 1. The summed E-state index contributed by atoms with van der Waals surface area (Å²) in [4.78, 5) is 19.0. The van der Waals surface area contributed by atoms with E-state index in [2.05, 4.69) is 23.1 Å². The molecule has 1 aliphatic heterocycles. The Labute approximate surface area is 177 Å². The molecule has 0 atom stereocenters. The Morgan fingerprint density at radius 2 is 2.07 bits per heavy atom. The predicted octanol–water partition coefficient (Wildman–Crippen LogP) is 5.65. The van der Waals surface area contributed by atoms with Crippen LogP contribution in [0.1, 0.15) is 19.3 Å². The summed E-state index contributed by atoms with van der Waals surface area (Å²) >= 11 is 5.16. The molecule has 4 rings (SSSR count). The highest BCUT2D eigenvalue weighted by atomic mass is 32.2. The number of amides is 1. The van der Waals surface area contributed by atoms with Crippen LogP contribution in [-0.2, 0) is 4.79 Å². The van der Waals surface area contributed by atoms with E-state index in [1.165, 1.54) is 16.2 Å². The average molecular weight is 431 g/mol. The van der Waals surface area contributed by atoms with Gasteiger partial charge in [0.05, 0.1) is 9.90 Å². The topological polar surface area (TPSA) is 42.4 Å². The van der Waals surface area contributed by atoms with Crippen molar-refractivity contribution in [3.8, 4) is 27.6 Å². The van der Waals surface area contributed by atoms with E-state index < -0.39 is 0 Å². The SMILES string of the molecule is CSc1sccc1-c1nc(-c2cccc(OCC(=O)N3CCCCC3)c2)cs1. The maximum absolute atomic E-state index is 12.3. The fourth-order valence-electron chi connectivity index (χ4n) is 3.27. The minimum Gasteiger partial charge on any atom is -0.484 e. The predicted molar refractivity (Wildman–Crippen MR) is 119 cm³/mol. The van der Waals surface area contributed by atoms with Crippen LogP contribution >= 0.6 is 34.4 Å². The van der Waals surface area contributed by atoms with Crippen LogP contribution in [0.15, 0.2) is 45.3 Å². The molecule has 0 aliphatic carbocycles. The molecule has 1 aromatic carbocycles. The first kappa shape index (κ1) is 19.5. The van der Waals surface area contributed by atoms with E-state index >= 15 is 0 Å². The molecule has 3 aromatic rings. The highest BCUT2D eigenvalue weighted by Crippen LogP contribution is 2.38. The second-order valence-corrected chi connectivity index (χ2v) is 9.47. The van der Waals surface area contributed by atoms with Crippen LogP contribution in [0.25, 0.3) is 21.8 Å². The summed E-state index contributed by atoms with van der Waals surface area (Å²) < 4.78 is 7.07. The Kier molecular flexibility index (Phi) is 6.34. The maximum Gasteiger partial charge on any atom is 0.260 e. The molecule has 28 heavy (non-hydrogen) atoms. The molecule has 0 saturated carbocycles. The van der Waals surface area contributed by atoms with Crippen LogP contribution in [0.2, 0.25) is 0 Å². The molecule has 0 bridgehead atoms. The molecule has 0 N–H and O–H groups in total. The first-order chi connectivity index (χ1) is 13.7. The van der Waals surface area contributed by atoms with Crippen molar-refractivity contribution >= 4 is 40.3 Å². The van der Waals surface area contributed by atoms with Crippen molar-refractivity contribution in [2.45, 2.75) is 23.5 Å². The van der Waals surface area contributed by atoms with Gasteiger partial charge in [-0.15, -0.1) is 34.4 Å². The summed E-state index contributed by atoms with van der Waals surface area (Å²) in [7, 11) is 0. The third-order valence-corrected chi connectivity index (χ3v) is 7.71. The number of nitrogens with zero attached hydrogens (tertiary/aromatic N) is 2. The summed E-state index contributed by atoms with van der Waals surface area (Å²) in [5.41, 5.74) is 3.14. The lowest BCUT2D eigenvalue weighted by atomic mass is 10.1. The lowest BCUT2D eigenvalue weighted by Crippen LogP contribution is -2.38. The van der Waals surface area contributed by atoms with Gasteiger partial charge in [0.2, 0.25) is 0 Å². The number of hydrogen-bond acceptors (Lipinski definition) is 6. The van der Waals surface area contributed by atoms with Gasteiger partial charge in [0, 0.05) is 29.6 Å². The van der Waals surface area contributed by atoms with Crippen LogP contribution in [-0.4, -0.2) is 41.7 Å². The molecule has 1 amide bonds. The van der Waals surface area contributed by atoms with E-state index in [1.54, 1.807) is 34.4 Å². The van der Waals surface area contributed by atoms with Crippen molar-refractivity contribution in [1.29, 1.82) is 0 Å². The first-order valence-corrected chi connectivity index (χ1v) is 12.3. The van der Waals surface area contributed by atoms with Gasteiger partial charge in [0.1, 0.15) is 10.8 Å². The number of carbonyl (C=O) groups excluding carboxylic acids is 1. The maximum atomic E-state index is 12.3. The fourth-order valence-corrected chi connectivity index (χ4v) is 5.81. The number of thiazole rings is 1. The van der Waals surface area contributed by atoms with E-state index in [9.17, 15) is 4.79 Å². The normalized spacial score (nSPS) is 14.2. The number of benzene rings is 1. The smallest absolute Gasteiger partial charge is 0.260 e. The minimum absolute atomic E-state index is 0.0723. The third-order valence-electron chi connectivity index (χ3n) is 4.75. The van der Waals surface area contributed by atoms with Crippen molar-refractivity contribution < 1.29 is 9.53 Å². The summed E-state index contributed by atoms with van der Waals surface area (Å²) in [6.07, 6.45) is 5.49. The average Bonchev–Trinajstić information content (AvgIpc) is 3.42. The van der Waals surface area contributed by atoms with E-state index in [1.807, 2.05) is 29.2 Å². The number of carbonyl (C=O) groups is 1. The van der Waals surface area contributed by atoms with Gasteiger partial charge in [-0.3, -0.25) is 4.79 Å². The van der Waals surface area contributed by atoms with Crippen molar-refractivity contribution in [3.05, 3.63) is 41.1 Å². The Balaban J connectivity index is 1.44. The van der Waals surface area contributed by atoms with Gasteiger partial charge in [0.15, 0.2) is 6.61 Å². The van der Waals surface area contributed by atoms with Gasteiger partial charge in [-0.2, -0.15) is 0 Å². The second-order valence-electron chi connectivity index (χ2n) is 6.62. The summed E-state index contributed by atoms with van der Waals surface area (Å²) in [6, 6.07) is 9.97. The zero-order valence-corrected chi connectivity index (χ0v) is 18.2. The minimum atomic E-state index is 0.0723. The second kappa shape index (κ2) is 9.11. The summed E-state index contributed by atoms with van der Waals surface area (Å²) in [6.45, 7) is 1.80. The van der Waals surface area contributed by atoms with Crippen molar-refractivity contribution in [1.82, 2.24) is 9.88 Å². The van der Waals surface area contributed by atoms with E-state index in [4.69, 9.17) is 9.72 Å². The largest absolute Gasteiger partial charge is 0.484 e. The molecular weight excluding hydrogens is 408 g/mol. The van der Waals surface area contributed by atoms with Crippen LogP contribution in [0.4, 0.5) is 0 Å². The lowest BCUT2D eigenvalue weighted by Gasteiger charge is -2.26. The molecule has 1 fully saturated rings. The van der Waals surface area contributed by atoms with Crippen molar-refractivity contribution in [3.63, 3.8) is 0 Å². The highest BCUT2D eigenvalue weighted by molar-refractivity contribution is 8.00. The molecular formula is C21H22N2O2S3. The molecule has 0 radical (unpaired) electrons. The number of likely N-dealkylation sites (tertiary alicyclic amines) is 1. The number of thiophene rings is 1. The number of piperidine rings is 1.